The highest BCUT2D eigenvalue weighted by Crippen LogP contribution is 2.41. The number of hydrogen-bond donors (Lipinski definition) is 1. The number of nitrogens with one attached hydrogen (secondary N) is 1. The fourth-order valence-electron chi connectivity index (χ4n) is 5.57. The summed E-state index contributed by atoms with van der Waals surface area (Å²) < 4.78 is 43.7. The molecule has 0 aliphatic rings. The summed E-state index contributed by atoms with van der Waals surface area (Å²) in [6.07, 6.45) is 1.11. The lowest BCUT2D eigenvalue weighted by Crippen LogP contribution is -2.06. The van der Waals surface area contributed by atoms with Crippen molar-refractivity contribution in [1.29, 1.82) is 0 Å². The van der Waals surface area contributed by atoms with Gasteiger partial charge in [0.15, 0.2) is 0 Å². The second-order valence-corrected chi connectivity index (χ2v) is 9.77. The summed E-state index contributed by atoms with van der Waals surface area (Å²) in [7, 11) is 0. The monoisotopic (exact) mass is 517 g/mol. The maximum absolute atomic E-state index is 13.8. The van der Waals surface area contributed by atoms with Crippen LogP contribution in [0.4, 0.5) is 13.2 Å². The molecule has 7 rings (SSSR count). The lowest BCUT2D eigenvalue weighted by atomic mass is 9.98. The lowest BCUT2D eigenvalue weighted by molar-refractivity contribution is -0.137. The first kappa shape index (κ1) is 23.3. The number of halogens is 3. The van der Waals surface area contributed by atoms with E-state index in [4.69, 9.17) is 0 Å². The van der Waals surface area contributed by atoms with E-state index in [2.05, 4.69) is 58.0 Å². The molecule has 3 aromatic heterocycles. The van der Waals surface area contributed by atoms with Crippen molar-refractivity contribution in [3.8, 4) is 27.9 Å². The number of aromatic nitrogens is 3. The van der Waals surface area contributed by atoms with Gasteiger partial charge >= 0.3 is 6.18 Å². The summed E-state index contributed by atoms with van der Waals surface area (Å²) in [5, 5.41) is 2.91. The molecule has 0 aliphatic heterocycles. The zero-order valence-electron chi connectivity index (χ0n) is 20.9. The van der Waals surface area contributed by atoms with E-state index >= 15 is 0 Å². The minimum absolute atomic E-state index is 0.159. The Labute approximate surface area is 222 Å². The number of para-hydroxylation sites is 1. The molecule has 0 radical (unpaired) electrons. The van der Waals surface area contributed by atoms with Crippen molar-refractivity contribution in [2.24, 2.45) is 0 Å². The fourth-order valence-corrected chi connectivity index (χ4v) is 5.57. The van der Waals surface area contributed by atoms with Crippen LogP contribution >= 0.6 is 0 Å². The largest absolute Gasteiger partial charge is 0.417 e. The molecular formula is C33H22F3N3. The van der Waals surface area contributed by atoms with Crippen molar-refractivity contribution >= 4 is 32.7 Å². The lowest BCUT2D eigenvalue weighted by Gasteiger charge is -2.13. The number of nitrogens with zero attached hydrogens (tertiary/aromatic N) is 2. The molecule has 0 saturated carbocycles. The first-order valence-electron chi connectivity index (χ1n) is 12.6. The van der Waals surface area contributed by atoms with Crippen LogP contribution in [0.5, 0.6) is 0 Å². The Bertz CT molecular complexity index is 2030. The summed E-state index contributed by atoms with van der Waals surface area (Å²) in [5.74, 6) is 0. The van der Waals surface area contributed by atoms with Crippen LogP contribution in [0.2, 0.25) is 0 Å². The summed E-state index contributed by atoms with van der Waals surface area (Å²) in [6, 6.07) is 28.1. The van der Waals surface area contributed by atoms with E-state index in [-0.39, 0.29) is 5.56 Å². The maximum atomic E-state index is 13.8. The van der Waals surface area contributed by atoms with Gasteiger partial charge in [0, 0.05) is 57.1 Å². The van der Waals surface area contributed by atoms with E-state index in [1.165, 1.54) is 12.1 Å². The molecule has 190 valence electrons. The quantitative estimate of drug-likeness (QED) is 0.249. The van der Waals surface area contributed by atoms with Crippen molar-refractivity contribution in [2.75, 3.05) is 0 Å². The number of rotatable bonds is 3. The standard InChI is InChI=1S/C33H22F3N3/c1-20-6-4-9-25-28(22-12-11-21-7-5-15-37-31(21)16-22)19-39(32(20)25)23-13-14-30-26(17-23)27(18-38-30)24-8-2-3-10-29(24)33(34,35)36/h2-19,38H,1H3. The zero-order chi connectivity index (χ0) is 26.7. The first-order chi connectivity index (χ1) is 18.9. The normalized spacial score (nSPS) is 12.1. The van der Waals surface area contributed by atoms with Gasteiger partial charge in [0.1, 0.15) is 0 Å². The van der Waals surface area contributed by atoms with E-state index in [1.807, 2.05) is 36.4 Å². The summed E-state index contributed by atoms with van der Waals surface area (Å²) in [5.41, 5.74) is 6.89. The summed E-state index contributed by atoms with van der Waals surface area (Å²) in [4.78, 5) is 7.69. The van der Waals surface area contributed by atoms with Gasteiger partial charge in [-0.1, -0.05) is 54.6 Å². The Morgan fingerprint density at radius 3 is 2.51 bits per heavy atom. The molecule has 0 saturated heterocycles. The minimum Gasteiger partial charge on any atom is -0.361 e. The third kappa shape index (κ3) is 3.79. The average Bonchev–Trinajstić information content (AvgIpc) is 3.55. The molecule has 1 N–H and O–H groups in total. The molecule has 0 aliphatic carbocycles. The molecule has 39 heavy (non-hydrogen) atoms. The van der Waals surface area contributed by atoms with Crippen LogP contribution in [-0.2, 0) is 6.18 Å². The molecule has 3 nitrogen and oxygen atoms in total. The maximum Gasteiger partial charge on any atom is 0.417 e. The zero-order valence-corrected chi connectivity index (χ0v) is 20.9. The Kier molecular flexibility index (Phi) is 5.13. The predicted octanol–water partition coefficient (Wildman–Crippen LogP) is 9.32. The highest BCUT2D eigenvalue weighted by atomic mass is 19.4. The second kappa shape index (κ2) is 8.60. The fraction of sp³-hybridized carbons (Fsp3) is 0.0606. The molecule has 6 heteroatoms. The van der Waals surface area contributed by atoms with Crippen LogP contribution in [0.25, 0.3) is 60.6 Å². The molecule has 4 aromatic carbocycles. The number of hydrogen-bond acceptors (Lipinski definition) is 1. The van der Waals surface area contributed by atoms with Crippen LogP contribution < -0.4 is 0 Å². The topological polar surface area (TPSA) is 33.6 Å². The molecular weight excluding hydrogens is 495 g/mol. The van der Waals surface area contributed by atoms with E-state index in [0.717, 1.165) is 61.2 Å². The van der Waals surface area contributed by atoms with Gasteiger partial charge in [0.2, 0.25) is 0 Å². The van der Waals surface area contributed by atoms with Gasteiger partial charge in [-0.2, -0.15) is 13.2 Å². The molecule has 0 fully saturated rings. The van der Waals surface area contributed by atoms with E-state index in [0.29, 0.717) is 5.56 Å². The van der Waals surface area contributed by atoms with Gasteiger partial charge in [0.25, 0.3) is 0 Å². The van der Waals surface area contributed by atoms with Crippen molar-refractivity contribution in [2.45, 2.75) is 13.1 Å². The molecule has 7 aromatic rings. The van der Waals surface area contributed by atoms with Crippen molar-refractivity contribution in [3.05, 3.63) is 121 Å². The Morgan fingerprint density at radius 2 is 1.64 bits per heavy atom. The summed E-state index contributed by atoms with van der Waals surface area (Å²) >= 11 is 0. The van der Waals surface area contributed by atoms with Gasteiger partial charge in [0.05, 0.1) is 16.6 Å². The number of fused-ring (bicyclic) bond motifs is 3. The van der Waals surface area contributed by atoms with Gasteiger partial charge in [-0.05, 0) is 60.0 Å². The van der Waals surface area contributed by atoms with Gasteiger partial charge in [-0.25, -0.2) is 0 Å². The molecule has 0 atom stereocenters. The minimum atomic E-state index is -4.45. The van der Waals surface area contributed by atoms with Crippen molar-refractivity contribution in [3.63, 3.8) is 0 Å². The molecule has 0 unspecified atom stereocenters. The van der Waals surface area contributed by atoms with Gasteiger partial charge in [-0.3, -0.25) is 4.98 Å². The Hall–Kier alpha value is -4.84. The Morgan fingerprint density at radius 1 is 0.769 bits per heavy atom. The van der Waals surface area contributed by atoms with Crippen LogP contribution in [-0.4, -0.2) is 14.5 Å². The molecule has 3 heterocycles. The van der Waals surface area contributed by atoms with Crippen molar-refractivity contribution < 1.29 is 13.2 Å². The third-order valence-electron chi connectivity index (χ3n) is 7.41. The second-order valence-electron chi connectivity index (χ2n) is 9.77. The van der Waals surface area contributed by atoms with Gasteiger partial charge < -0.3 is 9.55 Å². The summed E-state index contributed by atoms with van der Waals surface area (Å²) in [6.45, 7) is 2.07. The van der Waals surface area contributed by atoms with Crippen LogP contribution in [0, 0.1) is 6.92 Å². The Balaban J connectivity index is 1.44. The highest BCUT2D eigenvalue weighted by Gasteiger charge is 2.33. The number of aryl methyl sites for hydroxylation is 1. The van der Waals surface area contributed by atoms with E-state index in [9.17, 15) is 13.2 Å². The number of pyridine rings is 1. The number of alkyl halides is 3. The average molecular weight is 518 g/mol. The molecule has 0 spiro atoms. The van der Waals surface area contributed by atoms with Crippen LogP contribution in [0.15, 0.2) is 110 Å². The number of H-pyrrole nitrogens is 1. The first-order valence-corrected chi connectivity index (χ1v) is 12.6. The third-order valence-corrected chi connectivity index (χ3v) is 7.41. The van der Waals surface area contributed by atoms with Gasteiger partial charge in [-0.15, -0.1) is 0 Å². The molecule has 0 amide bonds. The van der Waals surface area contributed by atoms with Crippen molar-refractivity contribution in [1.82, 2.24) is 14.5 Å². The number of benzene rings is 4. The van der Waals surface area contributed by atoms with E-state index in [1.54, 1.807) is 18.5 Å². The van der Waals surface area contributed by atoms with E-state index < -0.39 is 11.7 Å². The molecule has 0 bridgehead atoms. The smallest absolute Gasteiger partial charge is 0.361 e. The number of aromatic amines is 1. The highest BCUT2D eigenvalue weighted by molar-refractivity contribution is 6.02. The van der Waals surface area contributed by atoms with Crippen LogP contribution in [0.3, 0.4) is 0 Å². The SMILES string of the molecule is Cc1cccc2c(-c3ccc4cccnc4c3)cn(-c3ccc4[nH]cc(-c5ccccc5C(F)(F)F)c4c3)c12. The predicted molar refractivity (Wildman–Crippen MR) is 151 cm³/mol. The van der Waals surface area contributed by atoms with Crippen LogP contribution in [0.1, 0.15) is 11.1 Å².